The molecule has 0 heterocycles. The normalized spacial score (nSPS) is 10.4. The minimum atomic E-state index is -0.283. The monoisotopic (exact) mass is 278 g/mol. The summed E-state index contributed by atoms with van der Waals surface area (Å²) < 4.78 is 23.2. The van der Waals surface area contributed by atoms with Gasteiger partial charge in [0.05, 0.1) is 6.61 Å². The lowest BCUT2D eigenvalue weighted by atomic mass is 10.1. The van der Waals surface area contributed by atoms with Gasteiger partial charge in [0.2, 0.25) is 12.3 Å². The van der Waals surface area contributed by atoms with Crippen molar-refractivity contribution in [3.8, 4) is 5.75 Å². The molecule has 19 heavy (non-hydrogen) atoms. The van der Waals surface area contributed by atoms with E-state index in [1.54, 1.807) is 12.1 Å². The average molecular weight is 278 g/mol. The lowest BCUT2D eigenvalue weighted by molar-refractivity contribution is 0.336. The second kappa shape index (κ2) is 7.16. The Kier molecular flexibility index (Phi) is 5.24. The predicted octanol–water partition coefficient (Wildman–Crippen LogP) is 4.55. The Hall–Kier alpha value is -1.52. The zero-order chi connectivity index (χ0) is 13.5. The first-order valence-electron chi connectivity index (χ1n) is 6.07. The summed E-state index contributed by atoms with van der Waals surface area (Å²) >= 11 is 0.895. The van der Waals surface area contributed by atoms with Gasteiger partial charge in [0.1, 0.15) is 11.6 Å². The molecule has 2 rings (SSSR count). The third kappa shape index (κ3) is 4.58. The molecule has 4 heteroatoms. The lowest BCUT2D eigenvalue weighted by Gasteiger charge is -2.04. The van der Waals surface area contributed by atoms with Crippen molar-refractivity contribution in [3.05, 3.63) is 65.5 Å². The van der Waals surface area contributed by atoms with Crippen molar-refractivity contribution < 1.29 is 12.8 Å². The largest absolute Gasteiger partial charge is 0.400 e. The number of rotatable bonds is 6. The summed E-state index contributed by atoms with van der Waals surface area (Å²) in [5.41, 5.74) is 2.39. The Morgan fingerprint density at radius 3 is 2.21 bits per heavy atom. The predicted molar refractivity (Wildman–Crippen MR) is 75.2 cm³/mol. The first-order chi connectivity index (χ1) is 9.28. The molecule has 0 radical (unpaired) electrons. The minimum absolute atomic E-state index is 0.283. The van der Waals surface area contributed by atoms with Crippen LogP contribution in [-0.2, 0) is 17.2 Å². The van der Waals surface area contributed by atoms with Crippen LogP contribution in [0.2, 0.25) is 0 Å². The van der Waals surface area contributed by atoms with Gasteiger partial charge in [-0.25, -0.2) is 4.39 Å². The molecule has 100 valence electrons. The molecule has 0 unspecified atom stereocenters. The molecule has 0 atom stereocenters. The summed E-state index contributed by atoms with van der Waals surface area (Å²) in [6, 6.07) is 14.1. The number of hydrogen-bond acceptors (Lipinski definition) is 3. The number of aryl methyl sites for hydroxylation is 1. The molecule has 2 nitrogen and oxygen atoms in total. The molecule has 0 saturated carbocycles. The fourth-order valence-electron chi connectivity index (χ4n) is 1.52. The molecule has 0 N–H and O–H groups in total. The van der Waals surface area contributed by atoms with Gasteiger partial charge in [-0.1, -0.05) is 31.2 Å². The first-order valence-corrected chi connectivity index (χ1v) is 6.74. The van der Waals surface area contributed by atoms with E-state index in [1.807, 2.05) is 12.1 Å². The zero-order valence-electron chi connectivity index (χ0n) is 10.6. The summed E-state index contributed by atoms with van der Waals surface area (Å²) in [6.07, 6.45) is 1.03. The van der Waals surface area contributed by atoms with E-state index in [0.717, 1.165) is 24.3 Å². The Morgan fingerprint density at radius 1 is 0.947 bits per heavy atom. The van der Waals surface area contributed by atoms with Crippen LogP contribution in [0.1, 0.15) is 18.1 Å². The van der Waals surface area contributed by atoms with Crippen molar-refractivity contribution in [2.24, 2.45) is 0 Å². The Labute approximate surface area is 117 Å². The van der Waals surface area contributed by atoms with Gasteiger partial charge in [-0.2, -0.15) is 0 Å². The van der Waals surface area contributed by atoms with E-state index in [-0.39, 0.29) is 5.82 Å². The summed E-state index contributed by atoms with van der Waals surface area (Å²) in [5.74, 6) is 0.280. The van der Waals surface area contributed by atoms with Gasteiger partial charge in [0.25, 0.3) is 0 Å². The van der Waals surface area contributed by atoms with Crippen molar-refractivity contribution in [1.29, 1.82) is 0 Å². The highest BCUT2D eigenvalue weighted by molar-refractivity contribution is 7.90. The standard InChI is InChI=1S/C15H15FO2S/c1-2-12-3-5-13(6-4-12)11-17-19-18-15-9-7-14(16)8-10-15/h3-10H,2,11H2,1H3. The van der Waals surface area contributed by atoms with Gasteiger partial charge in [0.15, 0.2) is 0 Å². The quantitative estimate of drug-likeness (QED) is 0.570. The molecule has 0 aliphatic rings. The molecular weight excluding hydrogens is 263 g/mol. The van der Waals surface area contributed by atoms with Crippen LogP contribution < -0.4 is 4.18 Å². The second-order valence-electron chi connectivity index (χ2n) is 4.04. The molecular formula is C15H15FO2S. The lowest BCUT2D eigenvalue weighted by Crippen LogP contribution is -1.90. The van der Waals surface area contributed by atoms with Crippen LogP contribution >= 0.6 is 12.3 Å². The van der Waals surface area contributed by atoms with Crippen LogP contribution in [0, 0.1) is 5.82 Å². The molecule has 0 saturated heterocycles. The van der Waals surface area contributed by atoms with Crippen LogP contribution in [-0.4, -0.2) is 0 Å². The third-order valence-electron chi connectivity index (χ3n) is 2.65. The van der Waals surface area contributed by atoms with Crippen molar-refractivity contribution >= 4 is 12.3 Å². The zero-order valence-corrected chi connectivity index (χ0v) is 11.5. The van der Waals surface area contributed by atoms with Crippen molar-refractivity contribution in [2.75, 3.05) is 0 Å². The van der Waals surface area contributed by atoms with Crippen LogP contribution in [0.4, 0.5) is 4.39 Å². The summed E-state index contributed by atoms with van der Waals surface area (Å²) in [4.78, 5) is 0. The van der Waals surface area contributed by atoms with Gasteiger partial charge in [-0.05, 0) is 41.8 Å². The van der Waals surface area contributed by atoms with E-state index in [9.17, 15) is 4.39 Å². The fourth-order valence-corrected chi connectivity index (χ4v) is 1.94. The van der Waals surface area contributed by atoms with E-state index in [2.05, 4.69) is 19.1 Å². The van der Waals surface area contributed by atoms with Gasteiger partial charge < -0.3 is 4.18 Å². The molecule has 0 aliphatic carbocycles. The first kappa shape index (κ1) is 13.9. The highest BCUT2D eigenvalue weighted by Gasteiger charge is 1.98. The van der Waals surface area contributed by atoms with Crippen molar-refractivity contribution in [3.63, 3.8) is 0 Å². The molecule has 0 aliphatic heterocycles. The molecule has 0 aromatic heterocycles. The Morgan fingerprint density at radius 2 is 1.58 bits per heavy atom. The third-order valence-corrected chi connectivity index (χ3v) is 3.12. The van der Waals surface area contributed by atoms with E-state index in [1.165, 1.54) is 17.7 Å². The SMILES string of the molecule is CCc1ccc(COSOc2ccc(F)cc2)cc1. The van der Waals surface area contributed by atoms with Gasteiger partial charge in [-0.15, -0.1) is 0 Å². The van der Waals surface area contributed by atoms with Crippen molar-refractivity contribution in [1.82, 2.24) is 0 Å². The fraction of sp³-hybridized carbons (Fsp3) is 0.200. The Balaban J connectivity index is 1.72. The maximum Gasteiger partial charge on any atom is 0.225 e. The molecule has 2 aromatic rings. The van der Waals surface area contributed by atoms with Crippen LogP contribution in [0.15, 0.2) is 48.5 Å². The Bertz CT molecular complexity index is 497. The van der Waals surface area contributed by atoms with Crippen LogP contribution in [0.5, 0.6) is 5.75 Å². The number of halogens is 1. The van der Waals surface area contributed by atoms with E-state index in [0.29, 0.717) is 12.4 Å². The maximum absolute atomic E-state index is 12.7. The average Bonchev–Trinajstić information content (AvgIpc) is 2.46. The van der Waals surface area contributed by atoms with Gasteiger partial charge in [-0.3, -0.25) is 4.18 Å². The topological polar surface area (TPSA) is 18.5 Å². The van der Waals surface area contributed by atoms with E-state index < -0.39 is 0 Å². The maximum atomic E-state index is 12.7. The smallest absolute Gasteiger partial charge is 0.225 e. The molecule has 0 amide bonds. The van der Waals surface area contributed by atoms with E-state index >= 15 is 0 Å². The highest BCUT2D eigenvalue weighted by atomic mass is 32.2. The molecule has 0 fully saturated rings. The molecule has 0 bridgehead atoms. The summed E-state index contributed by atoms with van der Waals surface area (Å²) in [6.45, 7) is 2.59. The summed E-state index contributed by atoms with van der Waals surface area (Å²) in [5, 5.41) is 0. The summed E-state index contributed by atoms with van der Waals surface area (Å²) in [7, 11) is 0. The second-order valence-corrected chi connectivity index (χ2v) is 4.58. The van der Waals surface area contributed by atoms with Crippen LogP contribution in [0.25, 0.3) is 0 Å². The van der Waals surface area contributed by atoms with Gasteiger partial charge in [0, 0.05) is 0 Å². The van der Waals surface area contributed by atoms with Crippen molar-refractivity contribution in [2.45, 2.75) is 20.0 Å². The van der Waals surface area contributed by atoms with E-state index in [4.69, 9.17) is 8.37 Å². The molecule has 0 spiro atoms. The number of benzene rings is 2. The van der Waals surface area contributed by atoms with Gasteiger partial charge >= 0.3 is 0 Å². The molecule has 2 aromatic carbocycles. The van der Waals surface area contributed by atoms with Crippen LogP contribution in [0.3, 0.4) is 0 Å². The minimum Gasteiger partial charge on any atom is -0.400 e. The number of hydrogen-bond donors (Lipinski definition) is 0. The highest BCUT2D eigenvalue weighted by Crippen LogP contribution is 2.18.